The summed E-state index contributed by atoms with van der Waals surface area (Å²) in [5.41, 5.74) is 6.96. The highest BCUT2D eigenvalue weighted by Crippen LogP contribution is 2.51. The number of hydrogen-bond acceptors (Lipinski definition) is 5. The average Bonchev–Trinajstić information content (AvgIpc) is 3.39. The second-order valence-corrected chi connectivity index (χ2v) is 13.4. The summed E-state index contributed by atoms with van der Waals surface area (Å²) in [7, 11) is 0. The van der Waals surface area contributed by atoms with Crippen LogP contribution in [0, 0.1) is 17.8 Å². The molecule has 2 aromatic rings. The molecule has 0 radical (unpaired) electrons. The first-order chi connectivity index (χ1) is 20.5. The predicted octanol–water partition coefficient (Wildman–Crippen LogP) is 5.72. The molecule has 0 spiro atoms. The lowest BCUT2D eigenvalue weighted by Gasteiger charge is -2.47. The van der Waals surface area contributed by atoms with Crippen molar-refractivity contribution in [2.45, 2.75) is 82.3 Å². The molecule has 1 heterocycles. The van der Waals surface area contributed by atoms with E-state index in [0.29, 0.717) is 23.0 Å². The van der Waals surface area contributed by atoms with Gasteiger partial charge in [-0.05, 0) is 59.6 Å². The fourth-order valence-corrected chi connectivity index (χ4v) is 7.50. The van der Waals surface area contributed by atoms with Gasteiger partial charge in [-0.3, -0.25) is 9.59 Å². The molecule has 1 aliphatic heterocycles. The summed E-state index contributed by atoms with van der Waals surface area (Å²) < 4.78 is 5.76. The summed E-state index contributed by atoms with van der Waals surface area (Å²) in [5, 5.41) is 17.1. The zero-order valence-electron chi connectivity index (χ0n) is 24.9. The number of nitrogens with one attached hydrogen (secondary N) is 2. The van der Waals surface area contributed by atoms with Gasteiger partial charge in [-0.15, -0.1) is 0 Å². The molecule has 1 aliphatic carbocycles. The van der Waals surface area contributed by atoms with E-state index in [-0.39, 0.29) is 36.7 Å². The number of amides is 3. The molecule has 5 atom stereocenters. The topological polar surface area (TPSA) is 131 Å². The number of aliphatic hydroxyl groups is 1. The van der Waals surface area contributed by atoms with Crippen molar-refractivity contribution in [3.63, 3.8) is 0 Å². The third-order valence-corrected chi connectivity index (χ3v) is 9.79. The molecule has 2 unspecified atom stereocenters. The molecule has 5 N–H and O–H groups in total. The van der Waals surface area contributed by atoms with Gasteiger partial charge in [-0.2, -0.15) is 0 Å². The molecule has 234 valence electrons. The van der Waals surface area contributed by atoms with Crippen LogP contribution in [0.5, 0.6) is 0 Å². The van der Waals surface area contributed by atoms with Gasteiger partial charge in [-0.1, -0.05) is 93.4 Å². The Balaban J connectivity index is 1.81. The Morgan fingerprint density at radius 3 is 2.35 bits per heavy atom. The second-order valence-electron chi connectivity index (χ2n) is 12.5. The first-order valence-electron chi connectivity index (χ1n) is 15.2. The normalized spacial score (nSPS) is 20.5. The molecule has 8 nitrogen and oxygen atoms in total. The van der Waals surface area contributed by atoms with E-state index in [4.69, 9.17) is 33.7 Å². The number of benzene rings is 2. The van der Waals surface area contributed by atoms with Crippen LogP contribution in [0.25, 0.3) is 0 Å². The summed E-state index contributed by atoms with van der Waals surface area (Å²) in [5.74, 6) is -1.70. The summed E-state index contributed by atoms with van der Waals surface area (Å²) in [6.07, 6.45) is 3.41. The van der Waals surface area contributed by atoms with Gasteiger partial charge < -0.3 is 26.2 Å². The minimum absolute atomic E-state index is 0.0381. The Kier molecular flexibility index (Phi) is 11.4. The summed E-state index contributed by atoms with van der Waals surface area (Å²) in [6.45, 7) is 4.43. The molecule has 43 heavy (non-hydrogen) atoms. The maximum Gasteiger partial charge on any atom is 0.405 e. The van der Waals surface area contributed by atoms with E-state index >= 15 is 0 Å². The monoisotopic (exact) mass is 631 g/mol. The molecule has 2 aliphatic rings. The molecule has 0 aromatic heterocycles. The first-order valence-corrected chi connectivity index (χ1v) is 15.9. The molecule has 10 heteroatoms. The van der Waals surface area contributed by atoms with Crippen molar-refractivity contribution in [2.75, 3.05) is 13.2 Å². The van der Waals surface area contributed by atoms with Crippen molar-refractivity contribution < 1.29 is 24.2 Å². The summed E-state index contributed by atoms with van der Waals surface area (Å²) >= 11 is 12.8. The Morgan fingerprint density at radius 1 is 1.07 bits per heavy atom. The minimum Gasteiger partial charge on any atom is -0.436 e. The van der Waals surface area contributed by atoms with Gasteiger partial charge >= 0.3 is 6.09 Å². The average molecular weight is 633 g/mol. The third-order valence-electron chi connectivity index (χ3n) is 9.30. The van der Waals surface area contributed by atoms with E-state index in [1.54, 1.807) is 0 Å². The van der Waals surface area contributed by atoms with E-state index in [1.165, 1.54) is 0 Å². The van der Waals surface area contributed by atoms with Gasteiger partial charge in [-0.25, -0.2) is 4.79 Å². The van der Waals surface area contributed by atoms with Gasteiger partial charge in [0.1, 0.15) is 0 Å². The van der Waals surface area contributed by atoms with Crippen molar-refractivity contribution in [3.05, 3.63) is 69.7 Å². The van der Waals surface area contributed by atoms with Crippen LogP contribution in [0.2, 0.25) is 10.0 Å². The lowest BCUT2D eigenvalue weighted by atomic mass is 9.59. The molecule has 4 rings (SSSR count). The number of halogens is 2. The standard InChI is InChI=1S/C33H43Cl2N3O5/c1-33(2,23-9-6-10-25(35)18-23)28(21-11-13-24(34)14-12-21)27(20-7-4-3-5-8-20)29(43-32(36)42)31(41)38-26(19-39)17-22-15-16-37-30(22)40/h6,9-14,18,20,22,26-29,39H,3-5,7-8,15-17,19H2,1-2H3,(H2,36,42)(H,37,40)(H,38,41)/t22-,26-,27?,28?,29-/m0/s1. The smallest absolute Gasteiger partial charge is 0.405 e. The Hall–Kier alpha value is -2.81. The largest absolute Gasteiger partial charge is 0.436 e. The molecule has 1 saturated heterocycles. The molecule has 2 fully saturated rings. The maximum atomic E-state index is 14.2. The highest BCUT2D eigenvalue weighted by Gasteiger charge is 2.49. The van der Waals surface area contributed by atoms with Crippen LogP contribution < -0.4 is 16.4 Å². The Bertz CT molecular complexity index is 1270. The number of hydrogen-bond donors (Lipinski definition) is 4. The minimum atomic E-state index is -1.24. The molecule has 3 amide bonds. The van der Waals surface area contributed by atoms with Crippen LogP contribution in [0.3, 0.4) is 0 Å². The molecular weight excluding hydrogens is 589 g/mol. The van der Waals surface area contributed by atoms with E-state index < -0.39 is 35.5 Å². The van der Waals surface area contributed by atoms with E-state index in [9.17, 15) is 19.5 Å². The molecular formula is C33H43Cl2N3O5. The lowest BCUT2D eigenvalue weighted by Crippen LogP contribution is -2.53. The second kappa shape index (κ2) is 14.8. The van der Waals surface area contributed by atoms with Crippen molar-refractivity contribution in [1.29, 1.82) is 0 Å². The van der Waals surface area contributed by atoms with E-state index in [0.717, 1.165) is 43.2 Å². The quantitative estimate of drug-likeness (QED) is 0.238. The number of carbonyl (C=O) groups excluding carboxylic acids is 3. The van der Waals surface area contributed by atoms with E-state index in [2.05, 4.69) is 24.5 Å². The van der Waals surface area contributed by atoms with Crippen molar-refractivity contribution in [1.82, 2.24) is 10.6 Å². The van der Waals surface area contributed by atoms with Crippen LogP contribution in [0.15, 0.2) is 48.5 Å². The number of aliphatic hydroxyl groups excluding tert-OH is 1. The zero-order valence-corrected chi connectivity index (χ0v) is 26.4. The van der Waals surface area contributed by atoms with Crippen molar-refractivity contribution in [2.24, 2.45) is 23.5 Å². The van der Waals surface area contributed by atoms with Crippen LogP contribution in [0.1, 0.15) is 75.8 Å². The highest BCUT2D eigenvalue weighted by atomic mass is 35.5. The zero-order chi connectivity index (χ0) is 31.1. The summed E-state index contributed by atoms with van der Waals surface area (Å²) in [6, 6.07) is 14.6. The number of primary amides is 1. The lowest BCUT2D eigenvalue weighted by molar-refractivity contribution is -0.136. The van der Waals surface area contributed by atoms with Crippen LogP contribution in [-0.2, 0) is 19.7 Å². The van der Waals surface area contributed by atoms with Crippen molar-refractivity contribution in [3.8, 4) is 0 Å². The first kappa shape index (κ1) is 33.1. The molecule has 1 saturated carbocycles. The SMILES string of the molecule is CC(C)(c1cccc(Cl)c1)C(c1ccc(Cl)cc1)C(C1CCCCC1)[C@H](OC(N)=O)C(=O)N[C@H](CO)C[C@@H]1CCNC1=O. The Labute approximate surface area is 264 Å². The van der Waals surface area contributed by atoms with Crippen LogP contribution in [-0.4, -0.2) is 48.3 Å². The number of ether oxygens (including phenoxy) is 1. The predicted molar refractivity (Wildman–Crippen MR) is 168 cm³/mol. The van der Waals surface area contributed by atoms with E-state index in [1.807, 2.05) is 48.5 Å². The fourth-order valence-electron chi connectivity index (χ4n) is 7.18. The number of rotatable bonds is 12. The van der Waals surface area contributed by atoms with Crippen molar-refractivity contribution >= 4 is 41.1 Å². The van der Waals surface area contributed by atoms with Crippen LogP contribution >= 0.6 is 23.2 Å². The van der Waals surface area contributed by atoms with Gasteiger partial charge in [0, 0.05) is 34.3 Å². The fraction of sp³-hybridized carbons (Fsp3) is 0.545. The maximum absolute atomic E-state index is 14.2. The number of nitrogens with two attached hydrogens (primary N) is 1. The Morgan fingerprint density at radius 2 is 1.77 bits per heavy atom. The van der Waals surface area contributed by atoms with Gasteiger partial charge in [0.15, 0.2) is 6.10 Å². The van der Waals surface area contributed by atoms with Gasteiger partial charge in [0.25, 0.3) is 5.91 Å². The molecule has 0 bridgehead atoms. The number of carbonyl (C=O) groups is 3. The van der Waals surface area contributed by atoms with Crippen LogP contribution in [0.4, 0.5) is 4.79 Å². The van der Waals surface area contributed by atoms with Gasteiger partial charge in [0.05, 0.1) is 12.6 Å². The van der Waals surface area contributed by atoms with Gasteiger partial charge in [0.2, 0.25) is 5.91 Å². The highest BCUT2D eigenvalue weighted by molar-refractivity contribution is 6.30. The third kappa shape index (κ3) is 8.22. The molecule has 2 aromatic carbocycles. The summed E-state index contributed by atoms with van der Waals surface area (Å²) in [4.78, 5) is 38.9.